The highest BCUT2D eigenvalue weighted by Gasteiger charge is 2.12. The van der Waals surface area contributed by atoms with Crippen LogP contribution in [0.15, 0.2) is 24.3 Å². The first-order valence-electron chi connectivity index (χ1n) is 5.59. The standard InChI is InChI=1S/C13H14ClN3O/c1-8-12(9(2)17-16-8)15-13(18)11-5-3-4-10(6-11)7-14/h3-6H,7H2,1-2H3,(H,15,18)(H,16,17). The Morgan fingerprint density at radius 2 is 2.22 bits per heavy atom. The molecule has 18 heavy (non-hydrogen) atoms. The molecule has 0 radical (unpaired) electrons. The van der Waals surface area contributed by atoms with E-state index in [4.69, 9.17) is 11.6 Å². The predicted octanol–water partition coefficient (Wildman–Crippen LogP) is 3.02. The zero-order valence-corrected chi connectivity index (χ0v) is 11.0. The summed E-state index contributed by atoms with van der Waals surface area (Å²) in [7, 11) is 0. The predicted molar refractivity (Wildman–Crippen MR) is 72.0 cm³/mol. The fraction of sp³-hybridized carbons (Fsp3) is 0.231. The largest absolute Gasteiger partial charge is 0.319 e. The molecule has 1 heterocycles. The Kier molecular flexibility index (Phi) is 3.67. The average molecular weight is 264 g/mol. The van der Waals surface area contributed by atoms with Gasteiger partial charge >= 0.3 is 0 Å². The van der Waals surface area contributed by atoms with Gasteiger partial charge in [-0.25, -0.2) is 0 Å². The summed E-state index contributed by atoms with van der Waals surface area (Å²) in [5, 5.41) is 9.72. The first-order valence-corrected chi connectivity index (χ1v) is 6.13. The third kappa shape index (κ3) is 2.54. The van der Waals surface area contributed by atoms with Crippen molar-refractivity contribution in [1.29, 1.82) is 0 Å². The number of benzene rings is 1. The summed E-state index contributed by atoms with van der Waals surface area (Å²) in [5.41, 5.74) is 3.86. The second-order valence-electron chi connectivity index (χ2n) is 4.10. The number of nitrogens with one attached hydrogen (secondary N) is 2. The molecule has 0 spiro atoms. The third-order valence-electron chi connectivity index (χ3n) is 2.71. The number of carbonyl (C=O) groups is 1. The molecule has 4 nitrogen and oxygen atoms in total. The first-order chi connectivity index (χ1) is 8.61. The molecular weight excluding hydrogens is 250 g/mol. The molecule has 0 saturated heterocycles. The second kappa shape index (κ2) is 5.23. The molecule has 0 saturated carbocycles. The number of aromatic amines is 1. The summed E-state index contributed by atoms with van der Waals surface area (Å²) in [4.78, 5) is 12.1. The van der Waals surface area contributed by atoms with E-state index in [0.29, 0.717) is 11.4 Å². The van der Waals surface area contributed by atoms with E-state index < -0.39 is 0 Å². The van der Waals surface area contributed by atoms with Crippen molar-refractivity contribution in [3.8, 4) is 0 Å². The Balaban J connectivity index is 2.22. The molecule has 2 N–H and O–H groups in total. The van der Waals surface area contributed by atoms with Crippen molar-refractivity contribution in [2.45, 2.75) is 19.7 Å². The maximum absolute atomic E-state index is 12.1. The highest BCUT2D eigenvalue weighted by Crippen LogP contribution is 2.17. The van der Waals surface area contributed by atoms with Crippen LogP contribution in [0.25, 0.3) is 0 Å². The van der Waals surface area contributed by atoms with E-state index in [2.05, 4.69) is 15.5 Å². The molecule has 0 aliphatic heterocycles. The van der Waals surface area contributed by atoms with E-state index in [-0.39, 0.29) is 5.91 Å². The number of rotatable bonds is 3. The van der Waals surface area contributed by atoms with Gasteiger partial charge in [-0.1, -0.05) is 12.1 Å². The second-order valence-corrected chi connectivity index (χ2v) is 4.36. The van der Waals surface area contributed by atoms with Gasteiger partial charge in [0, 0.05) is 11.4 Å². The lowest BCUT2D eigenvalue weighted by atomic mass is 10.1. The van der Waals surface area contributed by atoms with E-state index in [0.717, 1.165) is 22.6 Å². The minimum absolute atomic E-state index is 0.158. The molecule has 0 unspecified atom stereocenters. The molecule has 0 fully saturated rings. The molecule has 1 amide bonds. The van der Waals surface area contributed by atoms with Crippen LogP contribution < -0.4 is 5.32 Å². The number of aromatic nitrogens is 2. The van der Waals surface area contributed by atoms with E-state index in [1.807, 2.05) is 26.0 Å². The minimum Gasteiger partial charge on any atom is -0.319 e. The van der Waals surface area contributed by atoms with Gasteiger partial charge in [-0.15, -0.1) is 11.6 Å². The van der Waals surface area contributed by atoms with Crippen LogP contribution in [0.3, 0.4) is 0 Å². The number of halogens is 1. The number of hydrogen-bond donors (Lipinski definition) is 2. The summed E-state index contributed by atoms with van der Waals surface area (Å²) in [5.74, 6) is 0.236. The highest BCUT2D eigenvalue weighted by molar-refractivity contribution is 6.17. The van der Waals surface area contributed by atoms with Gasteiger partial charge < -0.3 is 5.32 Å². The molecule has 2 rings (SSSR count). The zero-order chi connectivity index (χ0) is 13.1. The number of alkyl halides is 1. The van der Waals surface area contributed by atoms with E-state index in [1.165, 1.54) is 0 Å². The number of aryl methyl sites for hydroxylation is 2. The Hall–Kier alpha value is -1.81. The van der Waals surface area contributed by atoms with Crippen molar-refractivity contribution in [2.24, 2.45) is 0 Å². The number of amides is 1. The molecule has 5 heteroatoms. The average Bonchev–Trinajstić information content (AvgIpc) is 2.70. The van der Waals surface area contributed by atoms with Crippen LogP contribution in [0.5, 0.6) is 0 Å². The Morgan fingerprint density at radius 1 is 1.44 bits per heavy atom. The molecular formula is C13H14ClN3O. The Labute approximate surface area is 110 Å². The summed E-state index contributed by atoms with van der Waals surface area (Å²) in [6, 6.07) is 7.25. The maximum atomic E-state index is 12.1. The quantitative estimate of drug-likeness (QED) is 0.837. The number of carbonyl (C=O) groups excluding carboxylic acids is 1. The van der Waals surface area contributed by atoms with Gasteiger partial charge in [0.25, 0.3) is 5.91 Å². The lowest BCUT2D eigenvalue weighted by molar-refractivity contribution is 0.102. The Morgan fingerprint density at radius 3 is 2.83 bits per heavy atom. The molecule has 0 aliphatic rings. The van der Waals surface area contributed by atoms with Crippen molar-refractivity contribution in [3.05, 3.63) is 46.8 Å². The van der Waals surface area contributed by atoms with E-state index >= 15 is 0 Å². The first kappa shape index (κ1) is 12.6. The number of H-pyrrole nitrogens is 1. The summed E-state index contributed by atoms with van der Waals surface area (Å²) in [6.45, 7) is 3.71. The monoisotopic (exact) mass is 263 g/mol. The summed E-state index contributed by atoms with van der Waals surface area (Å²) < 4.78 is 0. The molecule has 0 atom stereocenters. The van der Waals surface area contributed by atoms with Gasteiger partial charge in [0.05, 0.1) is 17.1 Å². The van der Waals surface area contributed by atoms with Crippen LogP contribution >= 0.6 is 11.6 Å². The lowest BCUT2D eigenvalue weighted by Gasteiger charge is -2.06. The maximum Gasteiger partial charge on any atom is 0.255 e. The van der Waals surface area contributed by atoms with Crippen LogP contribution in [0.4, 0.5) is 5.69 Å². The number of anilines is 1. The van der Waals surface area contributed by atoms with Crippen molar-refractivity contribution in [1.82, 2.24) is 10.2 Å². The van der Waals surface area contributed by atoms with Crippen LogP contribution in [-0.2, 0) is 5.88 Å². The van der Waals surface area contributed by atoms with Gasteiger partial charge in [0.1, 0.15) is 0 Å². The zero-order valence-electron chi connectivity index (χ0n) is 10.2. The van der Waals surface area contributed by atoms with Crippen LogP contribution in [0.2, 0.25) is 0 Å². The number of hydrogen-bond acceptors (Lipinski definition) is 2. The van der Waals surface area contributed by atoms with Crippen molar-refractivity contribution < 1.29 is 4.79 Å². The van der Waals surface area contributed by atoms with E-state index in [9.17, 15) is 4.79 Å². The third-order valence-corrected chi connectivity index (χ3v) is 3.02. The lowest BCUT2D eigenvalue weighted by Crippen LogP contribution is -2.13. The van der Waals surface area contributed by atoms with Gasteiger partial charge in [0.2, 0.25) is 0 Å². The molecule has 2 aromatic rings. The van der Waals surface area contributed by atoms with Gasteiger partial charge in [-0.3, -0.25) is 9.89 Å². The van der Waals surface area contributed by atoms with Crippen molar-refractivity contribution in [3.63, 3.8) is 0 Å². The summed E-state index contributed by atoms with van der Waals surface area (Å²) in [6.07, 6.45) is 0. The number of nitrogens with zero attached hydrogens (tertiary/aromatic N) is 1. The summed E-state index contributed by atoms with van der Waals surface area (Å²) >= 11 is 5.75. The molecule has 1 aromatic heterocycles. The van der Waals surface area contributed by atoms with Crippen LogP contribution in [0, 0.1) is 13.8 Å². The fourth-order valence-corrected chi connectivity index (χ4v) is 1.88. The SMILES string of the molecule is Cc1n[nH]c(C)c1NC(=O)c1cccc(CCl)c1. The molecule has 94 valence electrons. The fourth-order valence-electron chi connectivity index (χ4n) is 1.72. The van der Waals surface area contributed by atoms with Crippen LogP contribution in [-0.4, -0.2) is 16.1 Å². The topological polar surface area (TPSA) is 57.8 Å². The smallest absolute Gasteiger partial charge is 0.255 e. The van der Waals surface area contributed by atoms with Crippen LogP contribution in [0.1, 0.15) is 27.3 Å². The minimum atomic E-state index is -0.158. The van der Waals surface area contributed by atoms with Gasteiger partial charge in [0.15, 0.2) is 0 Å². The Bertz CT molecular complexity index is 558. The molecule has 1 aromatic carbocycles. The molecule has 0 aliphatic carbocycles. The van der Waals surface area contributed by atoms with Crippen molar-refractivity contribution in [2.75, 3.05) is 5.32 Å². The highest BCUT2D eigenvalue weighted by atomic mass is 35.5. The van der Waals surface area contributed by atoms with Gasteiger partial charge in [-0.05, 0) is 31.5 Å². The van der Waals surface area contributed by atoms with Gasteiger partial charge in [-0.2, -0.15) is 5.10 Å². The van der Waals surface area contributed by atoms with E-state index in [1.54, 1.807) is 12.1 Å². The molecule has 0 bridgehead atoms. The van der Waals surface area contributed by atoms with Crippen molar-refractivity contribution >= 4 is 23.2 Å². The normalized spacial score (nSPS) is 10.4.